The topological polar surface area (TPSA) is 46.2 Å². The first-order chi connectivity index (χ1) is 5.90. The molecule has 0 radical (unpaired) electrons. The van der Waals surface area contributed by atoms with E-state index in [0.29, 0.717) is 11.8 Å². The Bertz CT molecular complexity index is 267. The van der Waals surface area contributed by atoms with Crippen LogP contribution in [0.15, 0.2) is 0 Å². The first kappa shape index (κ1) is 11.0. The van der Waals surface area contributed by atoms with E-state index in [1.165, 1.54) is 19.1 Å². The molecule has 1 N–H and O–H groups in total. The normalized spacial score (nSPS) is 22.7. The Labute approximate surface area is 80.8 Å². The average molecular weight is 205 g/mol. The number of hydrogen-bond donors (Lipinski definition) is 1. The molecule has 1 fully saturated rings. The zero-order valence-corrected chi connectivity index (χ0v) is 9.45. The van der Waals surface area contributed by atoms with Crippen LogP contribution in [-0.4, -0.2) is 33.5 Å². The van der Waals surface area contributed by atoms with Gasteiger partial charge < -0.3 is 5.32 Å². The summed E-state index contributed by atoms with van der Waals surface area (Å²) in [5.74, 6) is 0.332. The summed E-state index contributed by atoms with van der Waals surface area (Å²) in [6, 6.07) is 0.439. The van der Waals surface area contributed by atoms with Crippen molar-refractivity contribution in [2.24, 2.45) is 5.41 Å². The molecule has 1 aliphatic carbocycles. The third-order valence-electron chi connectivity index (χ3n) is 3.21. The van der Waals surface area contributed by atoms with E-state index in [-0.39, 0.29) is 5.41 Å². The van der Waals surface area contributed by atoms with E-state index in [4.69, 9.17) is 0 Å². The fourth-order valence-corrected chi connectivity index (χ4v) is 2.53. The summed E-state index contributed by atoms with van der Waals surface area (Å²) in [7, 11) is -0.851. The molecule has 1 unspecified atom stereocenters. The second-order valence-electron chi connectivity index (χ2n) is 4.25. The van der Waals surface area contributed by atoms with Crippen molar-refractivity contribution in [3.8, 4) is 0 Å². The monoisotopic (exact) mass is 205 g/mol. The van der Waals surface area contributed by atoms with Gasteiger partial charge in [-0.2, -0.15) is 0 Å². The summed E-state index contributed by atoms with van der Waals surface area (Å²) in [5, 5.41) is 3.21. The van der Waals surface area contributed by atoms with Gasteiger partial charge >= 0.3 is 0 Å². The van der Waals surface area contributed by atoms with Crippen molar-refractivity contribution in [2.45, 2.75) is 32.2 Å². The van der Waals surface area contributed by atoms with Crippen molar-refractivity contribution in [1.29, 1.82) is 0 Å². The molecule has 1 aliphatic rings. The van der Waals surface area contributed by atoms with Gasteiger partial charge in [0, 0.05) is 12.3 Å². The van der Waals surface area contributed by atoms with E-state index in [9.17, 15) is 8.42 Å². The highest BCUT2D eigenvalue weighted by Crippen LogP contribution is 2.51. The van der Waals surface area contributed by atoms with E-state index >= 15 is 0 Å². The van der Waals surface area contributed by atoms with Crippen LogP contribution in [0.4, 0.5) is 0 Å². The van der Waals surface area contributed by atoms with E-state index in [0.717, 1.165) is 6.42 Å². The molecule has 4 heteroatoms. The van der Waals surface area contributed by atoms with Crippen molar-refractivity contribution in [2.75, 3.05) is 19.1 Å². The highest BCUT2D eigenvalue weighted by Gasteiger charge is 2.46. The Kier molecular flexibility index (Phi) is 3.02. The van der Waals surface area contributed by atoms with E-state index in [1.54, 1.807) is 0 Å². The first-order valence-corrected chi connectivity index (χ1v) is 6.81. The van der Waals surface area contributed by atoms with Gasteiger partial charge in [-0.05, 0) is 38.6 Å². The third-order valence-corrected chi connectivity index (χ3v) is 4.16. The molecule has 13 heavy (non-hydrogen) atoms. The molecule has 1 rings (SSSR count). The molecule has 0 aromatic carbocycles. The lowest BCUT2D eigenvalue weighted by molar-refractivity contribution is 0.361. The molecule has 78 valence electrons. The van der Waals surface area contributed by atoms with Gasteiger partial charge in [-0.25, -0.2) is 8.42 Å². The zero-order valence-electron chi connectivity index (χ0n) is 8.63. The Balaban J connectivity index is 2.45. The lowest BCUT2D eigenvalue weighted by atomic mass is 9.95. The molecule has 1 atom stereocenters. The minimum atomic E-state index is -2.79. The molecule has 1 saturated carbocycles. The van der Waals surface area contributed by atoms with Gasteiger partial charge in [-0.15, -0.1) is 0 Å². The van der Waals surface area contributed by atoms with Crippen molar-refractivity contribution in [1.82, 2.24) is 5.32 Å². The summed E-state index contributed by atoms with van der Waals surface area (Å²) >= 11 is 0. The highest BCUT2D eigenvalue weighted by molar-refractivity contribution is 7.90. The van der Waals surface area contributed by atoms with Gasteiger partial charge in [-0.3, -0.25) is 0 Å². The Morgan fingerprint density at radius 2 is 2.00 bits per heavy atom. The molecule has 0 spiro atoms. The quantitative estimate of drug-likeness (QED) is 0.722. The van der Waals surface area contributed by atoms with Crippen LogP contribution in [-0.2, 0) is 9.84 Å². The lowest BCUT2D eigenvalue weighted by Crippen LogP contribution is -2.33. The van der Waals surface area contributed by atoms with Gasteiger partial charge in [0.15, 0.2) is 0 Å². The summed E-state index contributed by atoms with van der Waals surface area (Å²) in [6.45, 7) is 2.13. The second kappa shape index (κ2) is 3.58. The van der Waals surface area contributed by atoms with Crippen LogP contribution in [0.2, 0.25) is 0 Å². The zero-order chi connectivity index (χ0) is 10.1. The fraction of sp³-hybridized carbons (Fsp3) is 1.00. The number of nitrogens with one attached hydrogen (secondary N) is 1. The standard InChI is InChI=1S/C9H19NO2S/c1-8(10-2)9(4-5-9)6-7-13(3,11)12/h8,10H,4-7H2,1-3H3. The Morgan fingerprint density at radius 1 is 1.46 bits per heavy atom. The minimum absolute atomic E-state index is 0.276. The Morgan fingerprint density at radius 3 is 2.31 bits per heavy atom. The summed E-state index contributed by atoms with van der Waals surface area (Å²) in [6.07, 6.45) is 4.47. The number of hydrogen-bond acceptors (Lipinski definition) is 3. The van der Waals surface area contributed by atoms with Crippen LogP contribution in [0, 0.1) is 5.41 Å². The van der Waals surface area contributed by atoms with Crippen molar-refractivity contribution in [3.05, 3.63) is 0 Å². The SMILES string of the molecule is CNC(C)C1(CCS(C)(=O)=O)CC1. The van der Waals surface area contributed by atoms with E-state index in [2.05, 4.69) is 12.2 Å². The number of sulfone groups is 1. The molecule has 0 aromatic heterocycles. The van der Waals surface area contributed by atoms with Crippen molar-refractivity contribution >= 4 is 9.84 Å². The van der Waals surface area contributed by atoms with Gasteiger partial charge in [0.2, 0.25) is 0 Å². The van der Waals surface area contributed by atoms with Crippen LogP contribution in [0.5, 0.6) is 0 Å². The minimum Gasteiger partial charge on any atom is -0.317 e. The molecular formula is C9H19NO2S. The predicted molar refractivity (Wildman–Crippen MR) is 54.5 cm³/mol. The summed E-state index contributed by atoms with van der Waals surface area (Å²) in [4.78, 5) is 0. The van der Waals surface area contributed by atoms with Crippen LogP contribution < -0.4 is 5.32 Å². The first-order valence-electron chi connectivity index (χ1n) is 4.75. The largest absolute Gasteiger partial charge is 0.317 e. The predicted octanol–water partition coefficient (Wildman–Crippen LogP) is 0.809. The number of rotatable bonds is 5. The van der Waals surface area contributed by atoms with E-state index in [1.807, 2.05) is 7.05 Å². The van der Waals surface area contributed by atoms with Crippen LogP contribution in [0.25, 0.3) is 0 Å². The van der Waals surface area contributed by atoms with Gasteiger partial charge in [-0.1, -0.05) is 0 Å². The van der Waals surface area contributed by atoms with Gasteiger partial charge in [0.05, 0.1) is 5.75 Å². The van der Waals surface area contributed by atoms with Crippen LogP contribution >= 0.6 is 0 Å². The molecule has 0 heterocycles. The average Bonchev–Trinajstić information content (AvgIpc) is 2.79. The molecule has 3 nitrogen and oxygen atoms in total. The van der Waals surface area contributed by atoms with Crippen molar-refractivity contribution in [3.63, 3.8) is 0 Å². The molecule has 0 aliphatic heterocycles. The maximum absolute atomic E-state index is 11.0. The highest BCUT2D eigenvalue weighted by atomic mass is 32.2. The molecule has 0 aromatic rings. The Hall–Kier alpha value is -0.0900. The van der Waals surface area contributed by atoms with Gasteiger partial charge in [0.25, 0.3) is 0 Å². The maximum atomic E-state index is 11.0. The summed E-state index contributed by atoms with van der Waals surface area (Å²) in [5.41, 5.74) is 0.276. The molecule has 0 bridgehead atoms. The van der Waals surface area contributed by atoms with E-state index < -0.39 is 9.84 Å². The lowest BCUT2D eigenvalue weighted by Gasteiger charge is -2.22. The van der Waals surface area contributed by atoms with Crippen molar-refractivity contribution < 1.29 is 8.42 Å². The maximum Gasteiger partial charge on any atom is 0.147 e. The molecule has 0 saturated heterocycles. The molecule has 0 amide bonds. The smallest absolute Gasteiger partial charge is 0.147 e. The van der Waals surface area contributed by atoms with Crippen LogP contribution in [0.3, 0.4) is 0 Å². The molecular weight excluding hydrogens is 186 g/mol. The second-order valence-corrected chi connectivity index (χ2v) is 6.51. The van der Waals surface area contributed by atoms with Crippen LogP contribution in [0.1, 0.15) is 26.2 Å². The van der Waals surface area contributed by atoms with Gasteiger partial charge in [0.1, 0.15) is 9.84 Å². The third kappa shape index (κ3) is 2.95. The fourth-order valence-electron chi connectivity index (χ4n) is 1.75. The summed E-state index contributed by atoms with van der Waals surface area (Å²) < 4.78 is 22.0.